The van der Waals surface area contributed by atoms with Gasteiger partial charge < -0.3 is 4.74 Å². The normalized spacial score (nSPS) is 10.2. The molecule has 0 unspecified atom stereocenters. The monoisotopic (exact) mass is 318 g/mol. The highest BCUT2D eigenvalue weighted by molar-refractivity contribution is 9.08. The Morgan fingerprint density at radius 2 is 2.33 bits per heavy atom. The zero-order chi connectivity index (χ0) is 13.7. The van der Waals surface area contributed by atoms with Crippen LogP contribution in [0.25, 0.3) is 0 Å². The van der Waals surface area contributed by atoms with Crippen molar-refractivity contribution in [3.63, 3.8) is 0 Å². The number of esters is 1. The van der Waals surface area contributed by atoms with Crippen molar-refractivity contribution in [2.24, 2.45) is 0 Å². The van der Waals surface area contributed by atoms with Gasteiger partial charge in [0.25, 0.3) is 6.43 Å². The van der Waals surface area contributed by atoms with Crippen molar-refractivity contribution in [1.29, 1.82) is 5.26 Å². The Bertz CT molecular complexity index is 501. The first kappa shape index (κ1) is 14.5. The van der Waals surface area contributed by atoms with Crippen LogP contribution in [-0.2, 0) is 21.3 Å². The molecule has 0 aliphatic carbocycles. The van der Waals surface area contributed by atoms with Crippen LogP contribution < -0.4 is 0 Å². The number of methoxy groups -OCH3 is 1. The minimum absolute atomic E-state index is 0.0441. The van der Waals surface area contributed by atoms with Crippen LogP contribution in [0.5, 0.6) is 0 Å². The molecule has 0 saturated heterocycles. The summed E-state index contributed by atoms with van der Waals surface area (Å²) in [6.07, 6.45) is -2.04. The molecule has 0 aliphatic heterocycles. The Morgan fingerprint density at radius 1 is 1.67 bits per heavy atom. The van der Waals surface area contributed by atoms with Gasteiger partial charge in [0.05, 0.1) is 25.2 Å². The van der Waals surface area contributed by atoms with Crippen LogP contribution in [0.2, 0.25) is 0 Å². The highest BCUT2D eigenvalue weighted by Gasteiger charge is 2.22. The van der Waals surface area contributed by atoms with Gasteiger partial charge in [-0.1, -0.05) is 15.9 Å². The van der Waals surface area contributed by atoms with Gasteiger partial charge in [-0.15, -0.1) is 0 Å². The van der Waals surface area contributed by atoms with E-state index in [1.165, 1.54) is 6.20 Å². The number of hydrogen-bond donors (Lipinski definition) is 0. The summed E-state index contributed by atoms with van der Waals surface area (Å²) < 4.78 is 30.0. The van der Waals surface area contributed by atoms with Crippen LogP contribution in [0.4, 0.5) is 8.78 Å². The lowest BCUT2D eigenvalue weighted by atomic mass is 10.00. The third-order valence-corrected chi connectivity index (χ3v) is 2.91. The maximum absolute atomic E-state index is 12.8. The number of hydrogen-bond acceptors (Lipinski definition) is 4. The highest BCUT2D eigenvalue weighted by atomic mass is 79.9. The second-order valence-electron chi connectivity index (χ2n) is 3.32. The van der Waals surface area contributed by atoms with E-state index in [1.807, 2.05) is 6.07 Å². The fourth-order valence-corrected chi connectivity index (χ4v) is 1.86. The van der Waals surface area contributed by atoms with E-state index in [-0.39, 0.29) is 11.1 Å². The summed E-state index contributed by atoms with van der Waals surface area (Å²) in [4.78, 5) is 14.8. The molecule has 0 fully saturated rings. The van der Waals surface area contributed by atoms with E-state index in [9.17, 15) is 13.6 Å². The molecule has 1 heterocycles. The van der Waals surface area contributed by atoms with Crippen LogP contribution in [0.3, 0.4) is 0 Å². The minimum Gasteiger partial charge on any atom is -0.469 e. The zero-order valence-corrected chi connectivity index (χ0v) is 11.0. The first-order valence-electron chi connectivity index (χ1n) is 4.86. The van der Waals surface area contributed by atoms with Gasteiger partial charge in [0.2, 0.25) is 0 Å². The van der Waals surface area contributed by atoms with Crippen molar-refractivity contribution in [1.82, 2.24) is 4.98 Å². The summed E-state index contributed by atoms with van der Waals surface area (Å²) in [5.74, 6) is -0.693. The van der Waals surface area contributed by atoms with Gasteiger partial charge in [-0.2, -0.15) is 5.26 Å². The molecular weight excluding hydrogens is 310 g/mol. The molecule has 0 spiro atoms. The zero-order valence-electron chi connectivity index (χ0n) is 9.41. The predicted molar refractivity (Wildman–Crippen MR) is 62.3 cm³/mol. The van der Waals surface area contributed by atoms with Crippen LogP contribution >= 0.6 is 15.9 Å². The molecule has 96 valence electrons. The van der Waals surface area contributed by atoms with E-state index in [1.54, 1.807) is 0 Å². The molecule has 0 radical (unpaired) electrons. The summed E-state index contributed by atoms with van der Waals surface area (Å²) >= 11 is 3.13. The number of carbonyl (C=O) groups is 1. The summed E-state index contributed by atoms with van der Waals surface area (Å²) in [6.45, 7) is 0. The van der Waals surface area contributed by atoms with Crippen molar-refractivity contribution < 1.29 is 18.3 Å². The molecule has 7 heteroatoms. The van der Waals surface area contributed by atoms with Gasteiger partial charge in [0.15, 0.2) is 0 Å². The summed E-state index contributed by atoms with van der Waals surface area (Å²) in [6, 6.07) is 1.83. The Kier molecular flexibility index (Phi) is 5.16. The number of carbonyl (C=O) groups excluding carboxylic acids is 1. The number of ether oxygens (including phenoxy) is 1. The molecule has 0 aliphatic rings. The van der Waals surface area contributed by atoms with Crippen molar-refractivity contribution in [3.8, 4) is 6.07 Å². The Hall–Kier alpha value is -1.55. The quantitative estimate of drug-likeness (QED) is 0.632. The lowest BCUT2D eigenvalue weighted by molar-refractivity contribution is -0.139. The lowest BCUT2D eigenvalue weighted by Gasteiger charge is -2.11. The topological polar surface area (TPSA) is 63.0 Å². The molecule has 4 nitrogen and oxygen atoms in total. The number of alkyl halides is 3. The third-order valence-electron chi connectivity index (χ3n) is 2.30. The number of nitriles is 1. The van der Waals surface area contributed by atoms with Gasteiger partial charge in [-0.25, -0.2) is 8.78 Å². The average Bonchev–Trinajstić information content (AvgIpc) is 2.37. The molecule has 0 saturated carbocycles. The van der Waals surface area contributed by atoms with Crippen LogP contribution in [-0.4, -0.2) is 18.1 Å². The molecule has 0 aromatic carbocycles. The Labute approximate surface area is 111 Å². The maximum Gasteiger partial charge on any atom is 0.310 e. The van der Waals surface area contributed by atoms with Crippen LogP contribution in [0.1, 0.15) is 28.8 Å². The molecule has 0 amide bonds. The summed E-state index contributed by atoms with van der Waals surface area (Å²) in [5, 5.41) is 9.32. The van der Waals surface area contributed by atoms with Crippen molar-refractivity contribution in [3.05, 3.63) is 28.6 Å². The van der Waals surface area contributed by atoms with E-state index in [2.05, 4.69) is 25.7 Å². The molecule has 1 aromatic rings. The van der Waals surface area contributed by atoms with Crippen molar-refractivity contribution >= 4 is 21.9 Å². The van der Waals surface area contributed by atoms with Crippen molar-refractivity contribution in [2.75, 3.05) is 7.11 Å². The highest BCUT2D eigenvalue weighted by Crippen LogP contribution is 2.26. The van der Waals surface area contributed by atoms with Crippen molar-refractivity contribution in [2.45, 2.75) is 18.2 Å². The van der Waals surface area contributed by atoms with E-state index < -0.39 is 24.5 Å². The maximum atomic E-state index is 12.8. The van der Waals surface area contributed by atoms with Crippen LogP contribution in [0, 0.1) is 11.3 Å². The van der Waals surface area contributed by atoms with E-state index in [4.69, 9.17) is 5.26 Å². The smallest absolute Gasteiger partial charge is 0.310 e. The van der Waals surface area contributed by atoms with Gasteiger partial charge in [0.1, 0.15) is 5.69 Å². The first-order valence-corrected chi connectivity index (χ1v) is 5.99. The largest absolute Gasteiger partial charge is 0.469 e. The SMILES string of the molecule is COC(=O)Cc1c(C(F)F)ncc(CBr)c1C#N. The summed E-state index contributed by atoms with van der Waals surface area (Å²) in [7, 11) is 1.15. The van der Waals surface area contributed by atoms with Gasteiger partial charge in [-0.05, 0) is 5.56 Å². The summed E-state index contributed by atoms with van der Waals surface area (Å²) in [5.41, 5.74) is -0.124. The second-order valence-corrected chi connectivity index (χ2v) is 3.88. The predicted octanol–water partition coefficient (Wildman–Crippen LogP) is 2.50. The number of rotatable bonds is 4. The van der Waals surface area contributed by atoms with Crippen LogP contribution in [0.15, 0.2) is 6.20 Å². The fourth-order valence-electron chi connectivity index (χ4n) is 1.44. The number of nitrogens with zero attached hydrogens (tertiary/aromatic N) is 2. The standard InChI is InChI=1S/C11H9BrF2N2O2/c1-18-9(17)2-7-8(4-15)6(3-12)5-16-10(7)11(13)14/h5,11H,2-3H2,1H3. The Morgan fingerprint density at radius 3 is 2.78 bits per heavy atom. The first-order chi connectivity index (χ1) is 8.54. The number of pyridine rings is 1. The van der Waals surface area contributed by atoms with Gasteiger partial charge >= 0.3 is 5.97 Å². The molecule has 1 rings (SSSR count). The fraction of sp³-hybridized carbons (Fsp3) is 0.364. The van der Waals surface area contributed by atoms with E-state index in [0.717, 1.165) is 7.11 Å². The average molecular weight is 319 g/mol. The minimum atomic E-state index is -2.85. The molecule has 0 atom stereocenters. The number of halogens is 3. The molecule has 1 aromatic heterocycles. The van der Waals surface area contributed by atoms with Gasteiger partial charge in [-0.3, -0.25) is 9.78 Å². The molecule has 0 N–H and O–H groups in total. The lowest BCUT2D eigenvalue weighted by Crippen LogP contribution is -2.12. The van der Waals surface area contributed by atoms with E-state index in [0.29, 0.717) is 10.9 Å². The molecule has 0 bridgehead atoms. The second kappa shape index (κ2) is 6.40. The third kappa shape index (κ3) is 3.01. The molecular formula is C11H9BrF2N2O2. The molecule has 18 heavy (non-hydrogen) atoms. The Balaban J connectivity index is 3.39. The van der Waals surface area contributed by atoms with E-state index >= 15 is 0 Å². The van der Waals surface area contributed by atoms with Gasteiger partial charge in [0, 0.05) is 17.1 Å². The number of aromatic nitrogens is 1.